The quantitative estimate of drug-likeness (QED) is 0.450. The molecule has 126 valence electrons. The van der Waals surface area contributed by atoms with Gasteiger partial charge in [-0.05, 0) is 22.9 Å². The molecule has 1 saturated heterocycles. The molecule has 3 aromatic rings. The molecule has 25 heavy (non-hydrogen) atoms. The van der Waals surface area contributed by atoms with Crippen LogP contribution in [0, 0.1) is 0 Å². The van der Waals surface area contributed by atoms with Crippen molar-refractivity contribution in [3.8, 4) is 0 Å². The highest BCUT2D eigenvalue weighted by molar-refractivity contribution is 6.04. The van der Waals surface area contributed by atoms with Crippen molar-refractivity contribution in [2.45, 2.75) is 0 Å². The summed E-state index contributed by atoms with van der Waals surface area (Å²) in [5.41, 5.74) is -1.19. The Balaban J connectivity index is 0.000000192. The van der Waals surface area contributed by atoms with Crippen LogP contribution in [0.4, 0.5) is 0 Å². The lowest BCUT2D eigenvalue weighted by molar-refractivity contribution is -0.174. The molecule has 0 aliphatic carbocycles. The fraction of sp³-hybridized carbons (Fsp3) is 0.111. The standard InChI is InChI=1S/C14H8O3.C4H4O4/c15-13-11-7-3-1-5-9(11)10-6-2-4-8-12(10)14(16)17-13;5-3-1-7-2-4(6)8-3/h1-8H;1-2H2. The normalized spacial score (nSPS) is 13.9. The van der Waals surface area contributed by atoms with E-state index >= 15 is 0 Å². The van der Waals surface area contributed by atoms with Gasteiger partial charge in [0.2, 0.25) is 0 Å². The van der Waals surface area contributed by atoms with Gasteiger partial charge < -0.3 is 13.9 Å². The van der Waals surface area contributed by atoms with Crippen molar-refractivity contribution >= 4 is 33.5 Å². The minimum Gasteiger partial charge on any atom is -0.390 e. The van der Waals surface area contributed by atoms with Crippen LogP contribution in [0.5, 0.6) is 0 Å². The van der Waals surface area contributed by atoms with Crippen LogP contribution in [0.15, 0.2) is 62.5 Å². The fourth-order valence-electron chi connectivity index (χ4n) is 2.39. The molecule has 2 heterocycles. The van der Waals surface area contributed by atoms with E-state index in [0.29, 0.717) is 10.8 Å². The minimum absolute atomic E-state index is 0.105. The number of benzene rings is 2. The highest BCUT2D eigenvalue weighted by atomic mass is 16.6. The second kappa shape index (κ2) is 7.06. The van der Waals surface area contributed by atoms with Gasteiger partial charge in [-0.2, -0.15) is 0 Å². The molecule has 0 radical (unpaired) electrons. The zero-order chi connectivity index (χ0) is 17.8. The monoisotopic (exact) mass is 340 g/mol. The molecule has 0 N–H and O–H groups in total. The Bertz CT molecular complexity index is 998. The third-order valence-corrected chi connectivity index (χ3v) is 3.44. The number of hydrogen-bond acceptors (Lipinski definition) is 7. The summed E-state index contributed by atoms with van der Waals surface area (Å²) in [6.07, 6.45) is 0. The summed E-state index contributed by atoms with van der Waals surface area (Å²) in [5.74, 6) is -1.22. The predicted molar refractivity (Wildman–Crippen MR) is 88.2 cm³/mol. The number of carbonyl (C=O) groups is 2. The molecule has 7 nitrogen and oxygen atoms in total. The maximum atomic E-state index is 11.7. The minimum atomic E-state index is -0.610. The van der Waals surface area contributed by atoms with Crippen LogP contribution in [0.25, 0.3) is 21.5 Å². The average Bonchev–Trinajstić information content (AvgIpc) is 2.72. The van der Waals surface area contributed by atoms with Gasteiger partial charge in [-0.25, -0.2) is 19.2 Å². The van der Waals surface area contributed by atoms with Crippen molar-refractivity contribution in [1.29, 1.82) is 0 Å². The van der Waals surface area contributed by atoms with Gasteiger partial charge in [-0.3, -0.25) is 0 Å². The van der Waals surface area contributed by atoms with E-state index in [2.05, 4.69) is 9.47 Å². The molecule has 0 spiro atoms. The summed E-state index contributed by atoms with van der Waals surface area (Å²) in [6, 6.07) is 14.1. The van der Waals surface area contributed by atoms with Crippen molar-refractivity contribution in [2.24, 2.45) is 0 Å². The van der Waals surface area contributed by atoms with E-state index in [-0.39, 0.29) is 13.2 Å². The van der Waals surface area contributed by atoms with Crippen molar-refractivity contribution < 1.29 is 23.5 Å². The highest BCUT2D eigenvalue weighted by Gasteiger charge is 2.16. The van der Waals surface area contributed by atoms with Gasteiger partial charge in [0, 0.05) is 0 Å². The molecule has 0 saturated carbocycles. The topological polar surface area (TPSA) is 99.9 Å². The van der Waals surface area contributed by atoms with Crippen molar-refractivity contribution in [2.75, 3.05) is 13.2 Å². The van der Waals surface area contributed by atoms with E-state index in [0.717, 1.165) is 10.8 Å². The lowest BCUT2D eigenvalue weighted by Crippen LogP contribution is -2.28. The number of rotatable bonds is 0. The average molecular weight is 340 g/mol. The molecule has 0 unspecified atom stereocenters. The summed E-state index contributed by atoms with van der Waals surface area (Å²) in [5, 5.41) is 2.31. The summed E-state index contributed by atoms with van der Waals surface area (Å²) in [7, 11) is 0. The maximum absolute atomic E-state index is 11.7. The zero-order valence-electron chi connectivity index (χ0n) is 12.9. The van der Waals surface area contributed by atoms with Crippen molar-refractivity contribution in [3.63, 3.8) is 0 Å². The lowest BCUT2D eigenvalue weighted by Gasteiger charge is -2.07. The van der Waals surface area contributed by atoms with Crippen LogP contribution in [-0.2, 0) is 19.1 Å². The van der Waals surface area contributed by atoms with Gasteiger partial charge in [0.05, 0.1) is 10.8 Å². The molecule has 1 aliphatic heterocycles. The van der Waals surface area contributed by atoms with Gasteiger partial charge >= 0.3 is 23.2 Å². The van der Waals surface area contributed by atoms with Crippen LogP contribution >= 0.6 is 0 Å². The molecule has 1 fully saturated rings. The van der Waals surface area contributed by atoms with Crippen LogP contribution in [0.2, 0.25) is 0 Å². The van der Waals surface area contributed by atoms with Gasteiger partial charge in [0.1, 0.15) is 13.2 Å². The Morgan fingerprint density at radius 1 is 0.600 bits per heavy atom. The first-order chi connectivity index (χ1) is 12.1. The van der Waals surface area contributed by atoms with E-state index in [4.69, 9.17) is 4.42 Å². The van der Waals surface area contributed by atoms with E-state index in [1.807, 2.05) is 24.3 Å². The summed E-state index contributed by atoms with van der Waals surface area (Å²) in [4.78, 5) is 43.7. The molecular weight excluding hydrogens is 328 g/mol. The fourth-order valence-corrected chi connectivity index (χ4v) is 2.39. The number of ether oxygens (including phenoxy) is 2. The van der Waals surface area contributed by atoms with E-state index in [9.17, 15) is 19.2 Å². The van der Waals surface area contributed by atoms with Crippen LogP contribution < -0.4 is 11.3 Å². The first-order valence-corrected chi connectivity index (χ1v) is 7.32. The van der Waals surface area contributed by atoms with Gasteiger partial charge in [-0.15, -0.1) is 0 Å². The second-order valence-corrected chi connectivity index (χ2v) is 5.11. The molecule has 0 bridgehead atoms. The van der Waals surface area contributed by atoms with E-state index < -0.39 is 23.2 Å². The van der Waals surface area contributed by atoms with Crippen LogP contribution in [0.1, 0.15) is 0 Å². The third kappa shape index (κ3) is 3.61. The summed E-state index contributed by atoms with van der Waals surface area (Å²) in [6.45, 7) is -0.211. The third-order valence-electron chi connectivity index (χ3n) is 3.44. The Labute approximate surface area is 140 Å². The van der Waals surface area contributed by atoms with Crippen LogP contribution in [0.3, 0.4) is 0 Å². The highest BCUT2D eigenvalue weighted by Crippen LogP contribution is 2.18. The number of fused-ring (bicyclic) bond motifs is 3. The maximum Gasteiger partial charge on any atom is 0.346 e. The number of cyclic esters (lactones) is 2. The largest absolute Gasteiger partial charge is 0.390 e. The Morgan fingerprint density at radius 3 is 1.36 bits per heavy atom. The molecule has 4 rings (SSSR count). The van der Waals surface area contributed by atoms with Crippen LogP contribution in [-0.4, -0.2) is 25.2 Å². The Morgan fingerprint density at radius 2 is 1.00 bits per heavy atom. The molecule has 2 aromatic carbocycles. The molecule has 0 atom stereocenters. The van der Waals surface area contributed by atoms with Gasteiger partial charge in [0.15, 0.2) is 0 Å². The summed E-state index contributed by atoms with van der Waals surface area (Å²) >= 11 is 0. The smallest absolute Gasteiger partial charge is 0.346 e. The zero-order valence-corrected chi connectivity index (χ0v) is 12.9. The Hall–Kier alpha value is -3.32. The molecule has 1 aliphatic rings. The molecule has 1 aromatic heterocycles. The molecular formula is C18H12O7. The SMILES string of the molecule is O=C1COCC(=O)O1.O=c1oc(=O)c2ccccc2c2ccccc12. The number of carbonyl (C=O) groups excluding carboxylic acids is 2. The van der Waals surface area contributed by atoms with Crippen molar-refractivity contribution in [1.82, 2.24) is 0 Å². The first kappa shape index (κ1) is 16.5. The molecule has 7 heteroatoms. The number of hydrogen-bond donors (Lipinski definition) is 0. The van der Waals surface area contributed by atoms with Gasteiger partial charge in [-0.1, -0.05) is 36.4 Å². The second-order valence-electron chi connectivity index (χ2n) is 5.11. The predicted octanol–water partition coefficient (Wildman–Crippen LogP) is 1.39. The molecule has 0 amide bonds. The summed E-state index contributed by atoms with van der Waals surface area (Å²) < 4.78 is 13.3. The Kier molecular flexibility index (Phi) is 4.67. The van der Waals surface area contributed by atoms with Gasteiger partial charge in [0.25, 0.3) is 0 Å². The number of esters is 2. The lowest BCUT2D eigenvalue weighted by atomic mass is 10.1. The van der Waals surface area contributed by atoms with Crippen molar-refractivity contribution in [3.05, 3.63) is 69.4 Å². The van der Waals surface area contributed by atoms with E-state index in [1.54, 1.807) is 24.3 Å². The first-order valence-electron chi connectivity index (χ1n) is 7.32. The van der Waals surface area contributed by atoms with E-state index in [1.165, 1.54) is 0 Å².